The summed E-state index contributed by atoms with van der Waals surface area (Å²) < 4.78 is 5.86. The summed E-state index contributed by atoms with van der Waals surface area (Å²) in [6.45, 7) is 1.85. The van der Waals surface area contributed by atoms with Crippen LogP contribution in [0.5, 0.6) is 0 Å². The van der Waals surface area contributed by atoms with Gasteiger partial charge < -0.3 is 9.84 Å². The van der Waals surface area contributed by atoms with Crippen LogP contribution in [-0.4, -0.2) is 35.4 Å². The van der Waals surface area contributed by atoms with Crippen LogP contribution < -0.4 is 5.32 Å². The summed E-state index contributed by atoms with van der Waals surface area (Å²) in [6, 6.07) is -0.307. The SMILES string of the molecule is CC1OC2CCCCCCC2NC1C(=O)O. The summed E-state index contributed by atoms with van der Waals surface area (Å²) in [7, 11) is 0. The molecule has 1 aliphatic heterocycles. The van der Waals surface area contributed by atoms with Gasteiger partial charge in [-0.2, -0.15) is 0 Å². The average molecular weight is 227 g/mol. The molecule has 0 aromatic carbocycles. The minimum absolute atomic E-state index is 0.214. The summed E-state index contributed by atoms with van der Waals surface area (Å²) >= 11 is 0. The molecule has 1 heterocycles. The number of morpholine rings is 1. The maximum atomic E-state index is 11.1. The van der Waals surface area contributed by atoms with Crippen LogP contribution in [0.1, 0.15) is 45.4 Å². The topological polar surface area (TPSA) is 58.6 Å². The number of fused-ring (bicyclic) bond motifs is 1. The van der Waals surface area contributed by atoms with Crippen LogP contribution in [0.15, 0.2) is 0 Å². The molecule has 4 heteroatoms. The number of aliphatic carboxylic acids is 1. The molecule has 0 aromatic rings. The Hall–Kier alpha value is -0.610. The number of hydrogen-bond acceptors (Lipinski definition) is 3. The number of carbonyl (C=O) groups is 1. The van der Waals surface area contributed by atoms with Crippen molar-refractivity contribution in [3.05, 3.63) is 0 Å². The highest BCUT2D eigenvalue weighted by atomic mass is 16.5. The van der Waals surface area contributed by atoms with Crippen molar-refractivity contribution in [2.75, 3.05) is 0 Å². The molecule has 0 amide bonds. The third-order valence-electron chi connectivity index (χ3n) is 3.72. The number of carboxylic acids is 1. The quantitative estimate of drug-likeness (QED) is 0.713. The third kappa shape index (κ3) is 2.55. The second-order valence-electron chi connectivity index (χ2n) is 4.96. The monoisotopic (exact) mass is 227 g/mol. The lowest BCUT2D eigenvalue weighted by molar-refractivity contribution is -0.153. The lowest BCUT2D eigenvalue weighted by Crippen LogP contribution is -2.60. The summed E-state index contributed by atoms with van der Waals surface area (Å²) in [5.74, 6) is -0.798. The first kappa shape index (κ1) is 11.9. The number of hydrogen-bond donors (Lipinski definition) is 2. The molecule has 0 bridgehead atoms. The molecular formula is C12H21NO3. The van der Waals surface area contributed by atoms with Crippen molar-refractivity contribution in [3.63, 3.8) is 0 Å². The van der Waals surface area contributed by atoms with Crippen molar-refractivity contribution >= 4 is 5.97 Å². The molecule has 4 atom stereocenters. The van der Waals surface area contributed by atoms with E-state index in [9.17, 15) is 4.79 Å². The Balaban J connectivity index is 2.01. The Morgan fingerprint density at radius 2 is 1.94 bits per heavy atom. The second-order valence-corrected chi connectivity index (χ2v) is 4.96. The van der Waals surface area contributed by atoms with Crippen LogP contribution in [-0.2, 0) is 9.53 Å². The van der Waals surface area contributed by atoms with E-state index in [-0.39, 0.29) is 18.2 Å². The first-order chi connectivity index (χ1) is 7.68. The van der Waals surface area contributed by atoms with E-state index in [1.807, 2.05) is 6.92 Å². The molecule has 1 aliphatic carbocycles. The maximum absolute atomic E-state index is 11.1. The van der Waals surface area contributed by atoms with E-state index in [0.29, 0.717) is 0 Å². The third-order valence-corrected chi connectivity index (χ3v) is 3.72. The van der Waals surface area contributed by atoms with Crippen LogP contribution in [0.25, 0.3) is 0 Å². The van der Waals surface area contributed by atoms with E-state index in [1.165, 1.54) is 25.7 Å². The van der Waals surface area contributed by atoms with Gasteiger partial charge in [0.15, 0.2) is 0 Å². The Bertz CT molecular complexity index is 257. The zero-order valence-corrected chi connectivity index (χ0v) is 9.82. The van der Waals surface area contributed by atoms with Crippen molar-refractivity contribution in [1.82, 2.24) is 5.32 Å². The smallest absolute Gasteiger partial charge is 0.323 e. The minimum Gasteiger partial charge on any atom is -0.480 e. The number of carboxylic acid groups (broad SMARTS) is 1. The van der Waals surface area contributed by atoms with Gasteiger partial charge in [0.2, 0.25) is 0 Å². The van der Waals surface area contributed by atoms with Crippen molar-refractivity contribution in [1.29, 1.82) is 0 Å². The van der Waals surface area contributed by atoms with Crippen LogP contribution in [0.2, 0.25) is 0 Å². The average Bonchev–Trinajstić information content (AvgIpc) is 2.20. The largest absolute Gasteiger partial charge is 0.480 e. The van der Waals surface area contributed by atoms with E-state index >= 15 is 0 Å². The Morgan fingerprint density at radius 3 is 2.62 bits per heavy atom. The zero-order chi connectivity index (χ0) is 11.5. The molecule has 2 N–H and O–H groups in total. The first-order valence-electron chi connectivity index (χ1n) is 6.33. The fourth-order valence-electron chi connectivity index (χ4n) is 2.80. The number of ether oxygens (including phenoxy) is 1. The van der Waals surface area contributed by atoms with Crippen LogP contribution in [0.4, 0.5) is 0 Å². The standard InChI is InChI=1S/C12H21NO3/c1-8-11(12(14)15)13-9-6-4-2-3-5-7-10(9)16-8/h8-11,13H,2-7H2,1H3,(H,14,15). The Morgan fingerprint density at radius 1 is 1.25 bits per heavy atom. The predicted octanol–water partition coefficient (Wildman–Crippen LogP) is 1.54. The molecule has 1 saturated carbocycles. The number of rotatable bonds is 1. The maximum Gasteiger partial charge on any atom is 0.323 e. The summed E-state index contributed by atoms with van der Waals surface area (Å²) in [5.41, 5.74) is 0. The van der Waals surface area contributed by atoms with Gasteiger partial charge in [-0.15, -0.1) is 0 Å². The molecule has 4 unspecified atom stereocenters. The van der Waals surface area contributed by atoms with Gasteiger partial charge in [-0.1, -0.05) is 25.7 Å². The molecule has 1 saturated heterocycles. The van der Waals surface area contributed by atoms with Gasteiger partial charge in [-0.3, -0.25) is 10.1 Å². The predicted molar refractivity (Wildman–Crippen MR) is 60.4 cm³/mol. The molecule has 0 aromatic heterocycles. The van der Waals surface area contributed by atoms with Crippen molar-refractivity contribution < 1.29 is 14.6 Å². The van der Waals surface area contributed by atoms with Crippen LogP contribution >= 0.6 is 0 Å². The first-order valence-corrected chi connectivity index (χ1v) is 6.33. The number of nitrogens with one attached hydrogen (secondary N) is 1. The van der Waals surface area contributed by atoms with E-state index in [4.69, 9.17) is 9.84 Å². The molecule has 2 aliphatic rings. The van der Waals surface area contributed by atoms with Crippen molar-refractivity contribution in [3.8, 4) is 0 Å². The summed E-state index contributed by atoms with van der Waals surface area (Å²) in [5, 5.41) is 12.3. The van der Waals surface area contributed by atoms with E-state index in [0.717, 1.165) is 12.8 Å². The molecule has 0 radical (unpaired) electrons. The minimum atomic E-state index is -0.798. The van der Waals surface area contributed by atoms with Gasteiger partial charge in [-0.05, 0) is 19.8 Å². The van der Waals surface area contributed by atoms with Gasteiger partial charge in [0.25, 0.3) is 0 Å². The molecule has 4 nitrogen and oxygen atoms in total. The summed E-state index contributed by atoms with van der Waals surface area (Å²) in [6.07, 6.45) is 7.02. The molecule has 92 valence electrons. The normalized spacial score (nSPS) is 40.6. The van der Waals surface area contributed by atoms with Crippen LogP contribution in [0, 0.1) is 0 Å². The van der Waals surface area contributed by atoms with Gasteiger partial charge in [0.05, 0.1) is 12.2 Å². The molecule has 0 spiro atoms. The highest BCUT2D eigenvalue weighted by Gasteiger charge is 2.38. The zero-order valence-electron chi connectivity index (χ0n) is 9.82. The van der Waals surface area contributed by atoms with E-state index in [1.54, 1.807) is 0 Å². The van der Waals surface area contributed by atoms with Crippen molar-refractivity contribution in [2.45, 2.75) is 69.7 Å². The van der Waals surface area contributed by atoms with Gasteiger partial charge in [-0.25, -0.2) is 0 Å². The Labute approximate surface area is 96.4 Å². The molecule has 2 fully saturated rings. The van der Waals surface area contributed by atoms with Crippen LogP contribution in [0.3, 0.4) is 0 Å². The second kappa shape index (κ2) is 5.15. The lowest BCUT2D eigenvalue weighted by atomic mass is 9.91. The molecule has 2 rings (SSSR count). The highest BCUT2D eigenvalue weighted by Crippen LogP contribution is 2.25. The van der Waals surface area contributed by atoms with Gasteiger partial charge in [0, 0.05) is 6.04 Å². The fourth-order valence-corrected chi connectivity index (χ4v) is 2.80. The van der Waals surface area contributed by atoms with Gasteiger partial charge >= 0.3 is 5.97 Å². The van der Waals surface area contributed by atoms with E-state index < -0.39 is 12.0 Å². The van der Waals surface area contributed by atoms with Gasteiger partial charge in [0.1, 0.15) is 6.04 Å². The van der Waals surface area contributed by atoms with Crippen molar-refractivity contribution in [2.24, 2.45) is 0 Å². The fraction of sp³-hybridized carbons (Fsp3) is 0.917. The van der Waals surface area contributed by atoms with E-state index in [2.05, 4.69) is 5.32 Å². The molecule has 16 heavy (non-hydrogen) atoms. The molecular weight excluding hydrogens is 206 g/mol. The Kier molecular flexibility index (Phi) is 3.82. The lowest BCUT2D eigenvalue weighted by Gasteiger charge is -2.41. The highest BCUT2D eigenvalue weighted by molar-refractivity contribution is 5.74. The summed E-state index contributed by atoms with van der Waals surface area (Å²) in [4.78, 5) is 11.1.